The van der Waals surface area contributed by atoms with Gasteiger partial charge in [0.2, 0.25) is 0 Å². The molecule has 2 amide bonds. The van der Waals surface area contributed by atoms with Crippen LogP contribution in [0.5, 0.6) is 0 Å². The van der Waals surface area contributed by atoms with Crippen LogP contribution in [0.1, 0.15) is 54.6 Å². The van der Waals surface area contributed by atoms with E-state index in [2.05, 4.69) is 15.4 Å². The van der Waals surface area contributed by atoms with Crippen molar-refractivity contribution in [1.29, 1.82) is 0 Å². The number of morpholine rings is 1. The highest BCUT2D eigenvalue weighted by atomic mass is 35.5. The molecule has 1 aliphatic heterocycles. The van der Waals surface area contributed by atoms with Crippen molar-refractivity contribution in [2.24, 2.45) is 5.92 Å². The molecule has 0 spiro atoms. The van der Waals surface area contributed by atoms with Crippen molar-refractivity contribution in [3.63, 3.8) is 0 Å². The Bertz CT molecular complexity index is 1210. The highest BCUT2D eigenvalue weighted by Crippen LogP contribution is 2.37. The highest BCUT2D eigenvalue weighted by molar-refractivity contribution is 6.30. The Morgan fingerprint density at radius 1 is 1.19 bits per heavy atom. The standard InChI is InChI=1S/C25H26ClN5O3.C2H6/c1-16-6-18(10-21(7-16)31-22(8-17-2-3-17)12-34-13-24(31)32)25(33)28-11-19-9-20(26)4-5-23(19)30-15-27-14-29-30;1-2/h4-7,9-10,14-15,17,22H,2-3,8,11-13H2,1H3,(H,28,33);1-2H3. The van der Waals surface area contributed by atoms with Gasteiger partial charge in [-0.1, -0.05) is 38.3 Å². The summed E-state index contributed by atoms with van der Waals surface area (Å²) < 4.78 is 7.16. The summed E-state index contributed by atoms with van der Waals surface area (Å²) in [6, 6.07) is 11.0. The zero-order chi connectivity index (χ0) is 25.7. The number of hydrogen-bond donors (Lipinski definition) is 1. The third kappa shape index (κ3) is 6.12. The zero-order valence-corrected chi connectivity index (χ0v) is 21.7. The summed E-state index contributed by atoms with van der Waals surface area (Å²) in [5.74, 6) is 0.366. The summed E-state index contributed by atoms with van der Waals surface area (Å²) in [6.07, 6.45) is 6.40. The second-order valence-corrected chi connectivity index (χ2v) is 9.40. The van der Waals surface area contributed by atoms with Gasteiger partial charge in [-0.3, -0.25) is 9.59 Å². The van der Waals surface area contributed by atoms with Crippen molar-refractivity contribution >= 4 is 29.1 Å². The van der Waals surface area contributed by atoms with Gasteiger partial charge in [0.05, 0.1) is 18.3 Å². The third-order valence-electron chi connectivity index (χ3n) is 6.22. The molecule has 0 bridgehead atoms. The van der Waals surface area contributed by atoms with Crippen LogP contribution in [-0.2, 0) is 16.1 Å². The third-order valence-corrected chi connectivity index (χ3v) is 6.46. The molecule has 2 heterocycles. The lowest BCUT2D eigenvalue weighted by Gasteiger charge is -2.36. The van der Waals surface area contributed by atoms with Gasteiger partial charge in [0.15, 0.2) is 0 Å². The van der Waals surface area contributed by atoms with Gasteiger partial charge < -0.3 is 15.0 Å². The van der Waals surface area contributed by atoms with E-state index in [0.29, 0.717) is 23.1 Å². The molecule has 1 saturated heterocycles. The first-order chi connectivity index (χ1) is 17.5. The van der Waals surface area contributed by atoms with Gasteiger partial charge in [0.1, 0.15) is 19.3 Å². The normalized spacial score (nSPS) is 17.4. The minimum absolute atomic E-state index is 0.00293. The van der Waals surface area contributed by atoms with Crippen LogP contribution in [0.15, 0.2) is 49.1 Å². The molecule has 2 aromatic carbocycles. The average molecular weight is 510 g/mol. The summed E-state index contributed by atoms with van der Waals surface area (Å²) in [6.45, 7) is 6.79. The van der Waals surface area contributed by atoms with Crippen LogP contribution in [0.4, 0.5) is 5.69 Å². The Morgan fingerprint density at radius 2 is 2.00 bits per heavy atom. The molecular formula is C27H32ClN5O3. The van der Waals surface area contributed by atoms with E-state index in [4.69, 9.17) is 16.3 Å². The summed E-state index contributed by atoms with van der Waals surface area (Å²) >= 11 is 6.20. The first-order valence-corrected chi connectivity index (χ1v) is 12.8. The fraction of sp³-hybridized carbons (Fsp3) is 0.407. The molecule has 190 valence electrons. The van der Waals surface area contributed by atoms with Gasteiger partial charge in [0.25, 0.3) is 11.8 Å². The maximum absolute atomic E-state index is 13.1. The largest absolute Gasteiger partial charge is 0.369 e. The molecule has 5 rings (SSSR count). The molecule has 8 nitrogen and oxygen atoms in total. The molecule has 1 unspecified atom stereocenters. The fourth-order valence-electron chi connectivity index (χ4n) is 4.46. The van der Waals surface area contributed by atoms with Gasteiger partial charge in [-0.15, -0.1) is 0 Å². The number of halogens is 1. The van der Waals surface area contributed by atoms with Crippen LogP contribution in [0.3, 0.4) is 0 Å². The van der Waals surface area contributed by atoms with Gasteiger partial charge in [0, 0.05) is 22.8 Å². The number of anilines is 1. The van der Waals surface area contributed by atoms with E-state index < -0.39 is 0 Å². The molecule has 9 heteroatoms. The summed E-state index contributed by atoms with van der Waals surface area (Å²) in [5.41, 5.74) is 3.76. The number of rotatable bonds is 7. The maximum Gasteiger partial charge on any atom is 0.253 e. The van der Waals surface area contributed by atoms with Crippen LogP contribution in [0, 0.1) is 12.8 Å². The van der Waals surface area contributed by atoms with E-state index in [1.165, 1.54) is 19.2 Å². The van der Waals surface area contributed by atoms with Crippen molar-refractivity contribution < 1.29 is 14.3 Å². The minimum atomic E-state index is -0.228. The van der Waals surface area contributed by atoms with Crippen LogP contribution >= 0.6 is 11.6 Å². The van der Waals surface area contributed by atoms with Gasteiger partial charge in [-0.25, -0.2) is 9.67 Å². The minimum Gasteiger partial charge on any atom is -0.369 e. The van der Waals surface area contributed by atoms with Gasteiger partial charge >= 0.3 is 0 Å². The van der Waals surface area contributed by atoms with E-state index in [1.54, 1.807) is 29.2 Å². The molecule has 1 aliphatic carbocycles. The van der Waals surface area contributed by atoms with Crippen LogP contribution in [0.2, 0.25) is 5.02 Å². The molecule has 3 aromatic rings. The van der Waals surface area contributed by atoms with E-state index in [1.807, 2.05) is 43.9 Å². The molecule has 0 radical (unpaired) electrons. The van der Waals surface area contributed by atoms with Gasteiger partial charge in [-0.2, -0.15) is 5.10 Å². The summed E-state index contributed by atoms with van der Waals surface area (Å²) in [4.78, 5) is 31.7. The Morgan fingerprint density at radius 3 is 2.72 bits per heavy atom. The number of benzene rings is 2. The number of aromatic nitrogens is 3. The number of aryl methyl sites for hydroxylation is 1. The lowest BCUT2D eigenvalue weighted by Crippen LogP contribution is -2.50. The molecule has 1 saturated carbocycles. The first-order valence-electron chi connectivity index (χ1n) is 12.4. The van der Waals surface area contributed by atoms with Crippen LogP contribution in [0.25, 0.3) is 5.69 Å². The predicted octanol–water partition coefficient (Wildman–Crippen LogP) is 4.72. The van der Waals surface area contributed by atoms with Crippen molar-refractivity contribution in [3.05, 3.63) is 70.8 Å². The van der Waals surface area contributed by atoms with E-state index >= 15 is 0 Å². The molecule has 1 N–H and O–H groups in total. The second kappa shape index (κ2) is 11.7. The second-order valence-electron chi connectivity index (χ2n) is 8.96. The smallest absolute Gasteiger partial charge is 0.253 e. The number of carbonyl (C=O) groups is 2. The topological polar surface area (TPSA) is 89.4 Å². The Labute approximate surface area is 216 Å². The van der Waals surface area contributed by atoms with Crippen LogP contribution < -0.4 is 10.2 Å². The Kier molecular flexibility index (Phi) is 8.38. The molecular weight excluding hydrogens is 478 g/mol. The molecule has 1 atom stereocenters. The number of carbonyl (C=O) groups excluding carboxylic acids is 2. The number of amides is 2. The van der Waals surface area contributed by atoms with E-state index in [-0.39, 0.29) is 31.0 Å². The maximum atomic E-state index is 13.1. The monoisotopic (exact) mass is 509 g/mol. The Hall–Kier alpha value is -3.23. The van der Waals surface area contributed by atoms with Crippen molar-refractivity contribution in [1.82, 2.24) is 20.1 Å². The molecule has 2 aliphatic rings. The Balaban J connectivity index is 0.00000148. The highest BCUT2D eigenvalue weighted by Gasteiger charge is 2.35. The number of hydrogen-bond acceptors (Lipinski definition) is 5. The van der Waals surface area contributed by atoms with Crippen molar-refractivity contribution in [2.45, 2.75) is 52.6 Å². The van der Waals surface area contributed by atoms with Crippen molar-refractivity contribution in [2.75, 3.05) is 18.1 Å². The van der Waals surface area contributed by atoms with Gasteiger partial charge in [-0.05, 0) is 66.8 Å². The molecule has 2 fully saturated rings. The van der Waals surface area contributed by atoms with E-state index in [9.17, 15) is 9.59 Å². The lowest BCUT2D eigenvalue weighted by molar-refractivity contribution is -0.127. The molecule has 36 heavy (non-hydrogen) atoms. The number of nitrogens with one attached hydrogen (secondary N) is 1. The quantitative estimate of drug-likeness (QED) is 0.498. The predicted molar refractivity (Wildman–Crippen MR) is 140 cm³/mol. The fourth-order valence-corrected chi connectivity index (χ4v) is 4.65. The number of ether oxygens (including phenoxy) is 1. The van der Waals surface area contributed by atoms with Crippen molar-refractivity contribution in [3.8, 4) is 5.69 Å². The first kappa shape index (κ1) is 25.9. The number of nitrogens with zero attached hydrogens (tertiary/aromatic N) is 4. The SMILES string of the molecule is CC.Cc1cc(C(=O)NCc2cc(Cl)ccc2-n2cncn2)cc(N2C(=O)COCC2CC2CC2)c1. The summed E-state index contributed by atoms with van der Waals surface area (Å²) in [7, 11) is 0. The van der Waals surface area contributed by atoms with E-state index in [0.717, 1.165) is 28.9 Å². The van der Waals surface area contributed by atoms with Crippen LogP contribution in [-0.4, -0.2) is 45.8 Å². The average Bonchev–Trinajstić information content (AvgIpc) is 3.52. The molecule has 1 aromatic heterocycles. The lowest BCUT2D eigenvalue weighted by atomic mass is 10.0. The zero-order valence-electron chi connectivity index (χ0n) is 20.9. The summed E-state index contributed by atoms with van der Waals surface area (Å²) in [5, 5.41) is 7.73.